The number of aliphatic imine (C=N–C) groups is 1. The fourth-order valence-electron chi connectivity index (χ4n) is 2.36. The predicted molar refractivity (Wildman–Crippen MR) is 98.0 cm³/mol. The first kappa shape index (κ1) is 17.2. The Labute approximate surface area is 150 Å². The number of nitrogens with one attached hydrogen (secondary N) is 2. The van der Waals surface area contributed by atoms with E-state index in [1.165, 1.54) is 7.11 Å². The molecular weight excluding hydrogens is 334 g/mol. The summed E-state index contributed by atoms with van der Waals surface area (Å²) in [5.41, 5.74) is 2.12. The minimum Gasteiger partial charge on any atom is -0.497 e. The van der Waals surface area contributed by atoms with E-state index in [9.17, 15) is 9.59 Å². The van der Waals surface area contributed by atoms with Gasteiger partial charge in [0.05, 0.1) is 19.8 Å². The Hall–Kier alpha value is -3.61. The van der Waals surface area contributed by atoms with Gasteiger partial charge in [-0.1, -0.05) is 18.2 Å². The van der Waals surface area contributed by atoms with Crippen molar-refractivity contribution in [2.45, 2.75) is 0 Å². The number of guanidine groups is 1. The topological polar surface area (TPSA) is 89.0 Å². The molecule has 0 bridgehead atoms. The largest absolute Gasteiger partial charge is 0.497 e. The number of esters is 1. The SMILES string of the molecule is COC(=O)c1cccc(NC2=N/C(=C\c3ccc(OC)cc3)C(=O)N2)c1. The van der Waals surface area contributed by atoms with Gasteiger partial charge in [0.1, 0.15) is 11.4 Å². The van der Waals surface area contributed by atoms with Crippen LogP contribution in [0.5, 0.6) is 5.75 Å². The second-order valence-electron chi connectivity index (χ2n) is 5.41. The van der Waals surface area contributed by atoms with Gasteiger partial charge in [0.25, 0.3) is 5.91 Å². The molecule has 0 atom stereocenters. The van der Waals surface area contributed by atoms with Crippen LogP contribution in [0.1, 0.15) is 15.9 Å². The zero-order valence-corrected chi connectivity index (χ0v) is 14.3. The molecule has 7 nitrogen and oxygen atoms in total. The van der Waals surface area contributed by atoms with Gasteiger partial charge in [0.15, 0.2) is 0 Å². The maximum absolute atomic E-state index is 12.1. The molecule has 0 unspecified atom stereocenters. The number of hydrogen-bond donors (Lipinski definition) is 2. The molecule has 0 saturated heterocycles. The summed E-state index contributed by atoms with van der Waals surface area (Å²) >= 11 is 0. The Bertz CT molecular complexity index is 901. The third-order valence-corrected chi connectivity index (χ3v) is 3.66. The van der Waals surface area contributed by atoms with Gasteiger partial charge in [-0.2, -0.15) is 0 Å². The van der Waals surface area contributed by atoms with Crippen molar-refractivity contribution in [1.82, 2.24) is 5.32 Å². The molecule has 0 saturated carbocycles. The third-order valence-electron chi connectivity index (χ3n) is 3.66. The molecule has 0 fully saturated rings. The molecule has 1 aliphatic rings. The van der Waals surface area contributed by atoms with Gasteiger partial charge < -0.3 is 14.8 Å². The zero-order valence-electron chi connectivity index (χ0n) is 14.3. The van der Waals surface area contributed by atoms with Crippen molar-refractivity contribution in [1.29, 1.82) is 0 Å². The van der Waals surface area contributed by atoms with Gasteiger partial charge in [0.2, 0.25) is 5.96 Å². The molecule has 2 N–H and O–H groups in total. The lowest BCUT2D eigenvalue weighted by atomic mass is 10.2. The van der Waals surface area contributed by atoms with Crippen LogP contribution >= 0.6 is 0 Å². The number of carbonyl (C=O) groups is 2. The first-order valence-corrected chi connectivity index (χ1v) is 7.80. The Balaban J connectivity index is 1.77. The van der Waals surface area contributed by atoms with Crippen LogP contribution < -0.4 is 15.4 Å². The molecule has 0 aromatic heterocycles. The van der Waals surface area contributed by atoms with E-state index in [1.54, 1.807) is 49.6 Å². The second-order valence-corrected chi connectivity index (χ2v) is 5.41. The van der Waals surface area contributed by atoms with Crippen LogP contribution in [0.4, 0.5) is 5.69 Å². The first-order valence-electron chi connectivity index (χ1n) is 7.80. The summed E-state index contributed by atoms with van der Waals surface area (Å²) in [6.45, 7) is 0. The molecule has 132 valence electrons. The fourth-order valence-corrected chi connectivity index (χ4v) is 2.36. The maximum atomic E-state index is 12.1. The van der Waals surface area contributed by atoms with Gasteiger partial charge in [-0.25, -0.2) is 9.79 Å². The number of hydrogen-bond acceptors (Lipinski definition) is 6. The van der Waals surface area contributed by atoms with Crippen LogP contribution in [0.15, 0.2) is 59.2 Å². The Morgan fingerprint density at radius 3 is 2.62 bits per heavy atom. The van der Waals surface area contributed by atoms with E-state index in [4.69, 9.17) is 9.47 Å². The fraction of sp³-hybridized carbons (Fsp3) is 0.105. The van der Waals surface area contributed by atoms with Crippen molar-refractivity contribution in [2.24, 2.45) is 4.99 Å². The minimum absolute atomic E-state index is 0.279. The standard InChI is InChI=1S/C19H17N3O4/c1-25-15-8-6-12(7-9-15)10-16-17(23)22-19(21-16)20-14-5-3-4-13(11-14)18(24)26-2/h3-11H,1-2H3,(H2,20,21,22,23)/b16-10-. The Morgan fingerprint density at radius 2 is 1.92 bits per heavy atom. The highest BCUT2D eigenvalue weighted by Crippen LogP contribution is 2.17. The molecular formula is C19H17N3O4. The van der Waals surface area contributed by atoms with E-state index in [1.807, 2.05) is 12.1 Å². The van der Waals surface area contributed by atoms with Crippen LogP contribution in [0, 0.1) is 0 Å². The maximum Gasteiger partial charge on any atom is 0.337 e. The van der Waals surface area contributed by atoms with Gasteiger partial charge in [-0.05, 0) is 42.0 Å². The highest BCUT2D eigenvalue weighted by Gasteiger charge is 2.20. The summed E-state index contributed by atoms with van der Waals surface area (Å²) in [6.07, 6.45) is 1.67. The lowest BCUT2D eigenvalue weighted by Crippen LogP contribution is -2.30. The van der Waals surface area contributed by atoms with E-state index in [-0.39, 0.29) is 17.6 Å². The molecule has 2 aromatic carbocycles. The number of carbonyl (C=O) groups excluding carboxylic acids is 2. The van der Waals surface area contributed by atoms with Crippen molar-refractivity contribution >= 4 is 29.6 Å². The first-order chi connectivity index (χ1) is 12.6. The van der Waals surface area contributed by atoms with Gasteiger partial charge >= 0.3 is 5.97 Å². The summed E-state index contributed by atoms with van der Waals surface area (Å²) in [5.74, 6) is 0.273. The average Bonchev–Trinajstić information content (AvgIpc) is 3.00. The molecule has 0 aliphatic carbocycles. The molecule has 0 spiro atoms. The van der Waals surface area contributed by atoms with Crippen molar-refractivity contribution in [3.05, 3.63) is 65.4 Å². The van der Waals surface area contributed by atoms with Crippen LogP contribution in [0.2, 0.25) is 0 Å². The van der Waals surface area contributed by atoms with Gasteiger partial charge in [-0.15, -0.1) is 0 Å². The molecule has 7 heteroatoms. The van der Waals surface area contributed by atoms with Crippen LogP contribution in [0.3, 0.4) is 0 Å². The number of methoxy groups -OCH3 is 2. The summed E-state index contributed by atoms with van der Waals surface area (Å²) < 4.78 is 9.80. The highest BCUT2D eigenvalue weighted by atomic mass is 16.5. The lowest BCUT2D eigenvalue weighted by molar-refractivity contribution is -0.115. The third kappa shape index (κ3) is 3.89. The van der Waals surface area contributed by atoms with Crippen molar-refractivity contribution in [2.75, 3.05) is 19.5 Å². The summed E-state index contributed by atoms with van der Waals surface area (Å²) in [6, 6.07) is 14.0. The number of amides is 1. The molecule has 1 aliphatic heterocycles. The monoisotopic (exact) mass is 351 g/mol. The van der Waals surface area contributed by atoms with Crippen molar-refractivity contribution in [3.63, 3.8) is 0 Å². The van der Waals surface area contributed by atoms with E-state index in [0.29, 0.717) is 11.3 Å². The predicted octanol–water partition coefficient (Wildman–Crippen LogP) is 2.42. The van der Waals surface area contributed by atoms with Crippen molar-refractivity contribution in [3.8, 4) is 5.75 Å². The summed E-state index contributed by atoms with van der Waals surface area (Å²) in [7, 11) is 2.91. The number of anilines is 1. The average molecular weight is 351 g/mol. The van der Waals surface area contributed by atoms with Gasteiger partial charge in [0, 0.05) is 5.69 Å². The molecule has 3 rings (SSSR count). The minimum atomic E-state index is -0.439. The molecule has 1 amide bonds. The quantitative estimate of drug-likeness (QED) is 0.652. The number of nitrogens with zero attached hydrogens (tertiary/aromatic N) is 1. The number of ether oxygens (including phenoxy) is 2. The smallest absolute Gasteiger partial charge is 0.337 e. The van der Waals surface area contributed by atoms with E-state index in [0.717, 1.165) is 11.3 Å². The van der Waals surface area contributed by atoms with E-state index >= 15 is 0 Å². The normalized spacial score (nSPS) is 14.6. The van der Waals surface area contributed by atoms with E-state index in [2.05, 4.69) is 15.6 Å². The molecule has 0 radical (unpaired) electrons. The van der Waals surface area contributed by atoms with Gasteiger partial charge in [-0.3, -0.25) is 10.1 Å². The second kappa shape index (κ2) is 7.52. The highest BCUT2D eigenvalue weighted by molar-refractivity contribution is 6.17. The molecule has 1 heterocycles. The number of benzene rings is 2. The Kier molecular flexibility index (Phi) is 4.98. The van der Waals surface area contributed by atoms with E-state index < -0.39 is 5.97 Å². The van der Waals surface area contributed by atoms with Crippen LogP contribution in [-0.2, 0) is 9.53 Å². The lowest BCUT2D eigenvalue weighted by Gasteiger charge is -2.06. The van der Waals surface area contributed by atoms with Crippen LogP contribution in [-0.4, -0.2) is 32.1 Å². The zero-order chi connectivity index (χ0) is 18.5. The van der Waals surface area contributed by atoms with Crippen LogP contribution in [0.25, 0.3) is 6.08 Å². The Morgan fingerprint density at radius 1 is 1.15 bits per heavy atom. The summed E-state index contributed by atoms with van der Waals surface area (Å²) in [4.78, 5) is 27.9. The molecule has 2 aromatic rings. The molecule has 26 heavy (non-hydrogen) atoms. The van der Waals surface area contributed by atoms with Crippen molar-refractivity contribution < 1.29 is 19.1 Å². The number of rotatable bonds is 4. The summed E-state index contributed by atoms with van der Waals surface area (Å²) in [5, 5.41) is 5.62.